The van der Waals surface area contributed by atoms with E-state index in [1.807, 2.05) is 36.5 Å². The van der Waals surface area contributed by atoms with Gasteiger partial charge in [0.2, 0.25) is 0 Å². The Kier molecular flexibility index (Phi) is 7.61. The van der Waals surface area contributed by atoms with Crippen LogP contribution in [0, 0.1) is 11.8 Å². The van der Waals surface area contributed by atoms with E-state index >= 15 is 0 Å². The number of aromatic nitrogens is 4. The first-order valence-electron chi connectivity index (χ1n) is 16.3. The van der Waals surface area contributed by atoms with Crippen LogP contribution in [0.5, 0.6) is 0 Å². The van der Waals surface area contributed by atoms with E-state index in [-0.39, 0.29) is 12.7 Å². The molecule has 8 nitrogen and oxygen atoms in total. The Morgan fingerprint density at radius 2 is 1.78 bits per heavy atom. The number of aryl methyl sites for hydroxylation is 2. The van der Waals surface area contributed by atoms with Crippen LogP contribution in [0.15, 0.2) is 79.0 Å². The van der Waals surface area contributed by atoms with Gasteiger partial charge in [0.1, 0.15) is 18.3 Å². The zero-order chi connectivity index (χ0) is 30.9. The van der Waals surface area contributed by atoms with Crippen LogP contribution in [0.25, 0.3) is 33.6 Å². The van der Waals surface area contributed by atoms with Crippen molar-refractivity contribution in [3.63, 3.8) is 0 Å². The Morgan fingerprint density at radius 1 is 0.935 bits per heavy atom. The smallest absolute Gasteiger partial charge is 0.411 e. The third kappa shape index (κ3) is 5.59. The number of nitrogens with zero attached hydrogens (tertiary/aromatic N) is 3. The second-order valence-corrected chi connectivity index (χ2v) is 12.3. The van der Waals surface area contributed by atoms with Crippen LogP contribution in [0.2, 0.25) is 0 Å². The molecule has 0 radical (unpaired) electrons. The number of aromatic amines is 2. The van der Waals surface area contributed by atoms with Crippen LogP contribution in [-0.2, 0) is 24.2 Å². The fourth-order valence-electron chi connectivity index (χ4n) is 6.81. The van der Waals surface area contributed by atoms with Crippen molar-refractivity contribution in [2.24, 2.45) is 0 Å². The van der Waals surface area contributed by atoms with Gasteiger partial charge in [0, 0.05) is 24.2 Å². The zero-order valence-electron chi connectivity index (χ0n) is 25.7. The number of fused-ring (bicyclic) bond motifs is 3. The first kappa shape index (κ1) is 28.4. The predicted molar refractivity (Wildman–Crippen MR) is 178 cm³/mol. The lowest BCUT2D eigenvalue weighted by atomic mass is 9.95. The molecule has 0 bridgehead atoms. The minimum atomic E-state index is -0.481. The van der Waals surface area contributed by atoms with Crippen molar-refractivity contribution in [3.05, 3.63) is 107 Å². The summed E-state index contributed by atoms with van der Waals surface area (Å²) in [5.41, 5.74) is 10.2. The highest BCUT2D eigenvalue weighted by Crippen LogP contribution is 2.36. The summed E-state index contributed by atoms with van der Waals surface area (Å²) in [5.74, 6) is 8.05. The lowest BCUT2D eigenvalue weighted by molar-refractivity contribution is 0.0871. The van der Waals surface area contributed by atoms with E-state index in [1.54, 1.807) is 4.90 Å². The maximum absolute atomic E-state index is 13.0. The SMILES string of the molecule is O=C(OCc1ccccc1)N1CCC#C[C@H]1c1ncc(-c2ccc(-c3ccc4c(c3)CCCc3[nH]c([C@@H]5CCCN5)nc3-4)cc2)[nH]1. The number of rotatable bonds is 6. The Morgan fingerprint density at radius 3 is 2.63 bits per heavy atom. The molecule has 2 aromatic heterocycles. The molecular formula is C38H36N6O2. The fraction of sp³-hybridized carbons (Fsp3) is 0.289. The molecule has 1 amide bonds. The minimum Gasteiger partial charge on any atom is -0.445 e. The molecule has 1 saturated heterocycles. The standard InChI is InChI=1S/C38H36N6O2/c45-38(46-24-25-8-2-1-3-9-25)44-21-5-4-13-34(44)37-40-23-33(42-37)27-16-14-26(15-17-27)28-18-19-30-29(22-28)10-6-11-31-35(30)43-36(41-31)32-12-7-20-39-32/h1-3,8-9,14-19,22-23,32,34,39H,5-7,10-12,20-21,24H2,(H,40,42)(H,41,43)/t32-,34-/m0/s1. The largest absolute Gasteiger partial charge is 0.445 e. The lowest BCUT2D eigenvalue weighted by Gasteiger charge is -2.28. The van der Waals surface area contributed by atoms with Gasteiger partial charge in [0.25, 0.3) is 0 Å². The van der Waals surface area contributed by atoms with Crippen molar-refractivity contribution >= 4 is 6.09 Å². The average Bonchev–Trinajstić information content (AvgIpc) is 3.89. The predicted octanol–water partition coefficient (Wildman–Crippen LogP) is 7.13. The molecule has 0 saturated carbocycles. The molecule has 46 heavy (non-hydrogen) atoms. The van der Waals surface area contributed by atoms with Gasteiger partial charge in [0.15, 0.2) is 6.04 Å². The van der Waals surface area contributed by atoms with Crippen LogP contribution in [0.3, 0.4) is 0 Å². The Labute approximate surface area is 268 Å². The van der Waals surface area contributed by atoms with Crippen molar-refractivity contribution < 1.29 is 9.53 Å². The quantitative estimate of drug-likeness (QED) is 0.178. The molecule has 1 aliphatic carbocycles. The number of amides is 1. The first-order chi connectivity index (χ1) is 22.7. The number of H-pyrrole nitrogens is 2. The van der Waals surface area contributed by atoms with E-state index < -0.39 is 6.04 Å². The highest BCUT2D eigenvalue weighted by molar-refractivity contribution is 5.75. The maximum Gasteiger partial charge on any atom is 0.411 e. The Balaban J connectivity index is 0.982. The number of imidazole rings is 2. The van der Waals surface area contributed by atoms with E-state index in [9.17, 15) is 4.79 Å². The van der Waals surface area contributed by atoms with Gasteiger partial charge in [-0.15, -0.1) is 0 Å². The minimum absolute atomic E-state index is 0.222. The number of hydrogen-bond donors (Lipinski definition) is 3. The topological polar surface area (TPSA) is 98.9 Å². The normalized spacial score (nSPS) is 18.7. The molecule has 0 unspecified atom stereocenters. The third-order valence-electron chi connectivity index (χ3n) is 9.27. The molecule has 1 fully saturated rings. The van der Waals surface area contributed by atoms with Crippen molar-refractivity contribution in [1.29, 1.82) is 0 Å². The molecule has 3 aromatic carbocycles. The van der Waals surface area contributed by atoms with Gasteiger partial charge in [-0.05, 0) is 66.5 Å². The van der Waals surface area contributed by atoms with Gasteiger partial charge in [-0.1, -0.05) is 84.6 Å². The van der Waals surface area contributed by atoms with Gasteiger partial charge in [-0.2, -0.15) is 0 Å². The molecule has 2 atom stereocenters. The van der Waals surface area contributed by atoms with E-state index in [0.717, 1.165) is 60.6 Å². The molecule has 5 aromatic rings. The number of carbonyl (C=O) groups excluding carboxylic acids is 1. The Hall–Kier alpha value is -5.13. The fourth-order valence-corrected chi connectivity index (χ4v) is 6.81. The molecule has 0 spiro atoms. The van der Waals surface area contributed by atoms with Gasteiger partial charge in [0.05, 0.1) is 23.6 Å². The van der Waals surface area contributed by atoms with Gasteiger partial charge < -0.3 is 20.0 Å². The summed E-state index contributed by atoms with van der Waals surface area (Å²) >= 11 is 0. The number of benzene rings is 3. The Bertz CT molecular complexity index is 1930. The number of hydrogen-bond acceptors (Lipinski definition) is 5. The maximum atomic E-state index is 13.0. The zero-order valence-corrected chi connectivity index (χ0v) is 25.7. The van der Waals surface area contributed by atoms with Gasteiger partial charge in [-0.25, -0.2) is 14.8 Å². The van der Waals surface area contributed by atoms with Gasteiger partial charge >= 0.3 is 6.09 Å². The highest BCUT2D eigenvalue weighted by atomic mass is 16.6. The summed E-state index contributed by atoms with van der Waals surface area (Å²) in [7, 11) is 0. The van der Waals surface area contributed by atoms with Gasteiger partial charge in [-0.3, -0.25) is 4.90 Å². The van der Waals surface area contributed by atoms with E-state index in [1.165, 1.54) is 34.4 Å². The molecule has 8 heteroatoms. The third-order valence-corrected chi connectivity index (χ3v) is 9.27. The van der Waals surface area contributed by atoms with Crippen LogP contribution >= 0.6 is 0 Å². The monoisotopic (exact) mass is 608 g/mol. The molecule has 3 aliphatic rings. The van der Waals surface area contributed by atoms with Crippen LogP contribution in [0.4, 0.5) is 4.79 Å². The summed E-state index contributed by atoms with van der Waals surface area (Å²) < 4.78 is 5.62. The van der Waals surface area contributed by atoms with E-state index in [0.29, 0.717) is 24.8 Å². The first-order valence-corrected chi connectivity index (χ1v) is 16.3. The summed E-state index contributed by atoms with van der Waals surface area (Å²) in [5, 5.41) is 3.58. The molecule has 3 N–H and O–H groups in total. The molecule has 8 rings (SSSR count). The van der Waals surface area contributed by atoms with Crippen molar-refractivity contribution in [3.8, 4) is 45.5 Å². The molecule has 2 aliphatic heterocycles. The van der Waals surface area contributed by atoms with Crippen LogP contribution < -0.4 is 5.32 Å². The van der Waals surface area contributed by atoms with Crippen molar-refractivity contribution in [1.82, 2.24) is 30.2 Å². The molecule has 230 valence electrons. The highest BCUT2D eigenvalue weighted by Gasteiger charge is 2.29. The van der Waals surface area contributed by atoms with Crippen LogP contribution in [-0.4, -0.2) is 44.0 Å². The second-order valence-electron chi connectivity index (χ2n) is 12.3. The van der Waals surface area contributed by atoms with E-state index in [2.05, 4.69) is 74.6 Å². The molecular weight excluding hydrogens is 572 g/mol. The molecule has 4 heterocycles. The summed E-state index contributed by atoms with van der Waals surface area (Å²) in [6, 6.07) is 24.9. The second kappa shape index (κ2) is 12.3. The van der Waals surface area contributed by atoms with E-state index in [4.69, 9.17) is 9.72 Å². The van der Waals surface area contributed by atoms with Crippen molar-refractivity contribution in [2.45, 2.75) is 57.2 Å². The summed E-state index contributed by atoms with van der Waals surface area (Å²) in [6.45, 7) is 1.78. The summed E-state index contributed by atoms with van der Waals surface area (Å²) in [4.78, 5) is 31.5. The summed E-state index contributed by atoms with van der Waals surface area (Å²) in [6.07, 6.45) is 7.56. The number of ether oxygens (including phenoxy) is 1. The number of nitrogens with one attached hydrogen (secondary N) is 3. The van der Waals surface area contributed by atoms with Crippen LogP contribution in [0.1, 0.15) is 66.2 Å². The average molecular weight is 609 g/mol. The van der Waals surface area contributed by atoms with Crippen molar-refractivity contribution in [2.75, 3.05) is 13.1 Å². The lowest BCUT2D eigenvalue weighted by Crippen LogP contribution is -2.37. The number of carbonyl (C=O) groups is 1.